The van der Waals surface area contributed by atoms with Gasteiger partial charge in [0.25, 0.3) is 5.91 Å². The normalized spacial score (nSPS) is 17.6. The van der Waals surface area contributed by atoms with Gasteiger partial charge < -0.3 is 0 Å². The van der Waals surface area contributed by atoms with Crippen LogP contribution in [-0.2, 0) is 16.1 Å². The van der Waals surface area contributed by atoms with Crippen LogP contribution in [0.15, 0.2) is 6.20 Å². The average Bonchev–Trinajstić information content (AvgIpc) is 2.92. The van der Waals surface area contributed by atoms with Gasteiger partial charge in [-0.3, -0.25) is 24.7 Å². The Bertz CT molecular complexity index is 564. The Hall–Kier alpha value is -2.29. The van der Waals surface area contributed by atoms with E-state index in [0.717, 1.165) is 0 Å². The van der Waals surface area contributed by atoms with Crippen LogP contribution in [0.1, 0.15) is 30.8 Å². The number of hydrogen-bond donors (Lipinski definition) is 2. The fraction of sp³-hybridized carbons (Fsp3) is 0.545. The Morgan fingerprint density at radius 1 is 1.45 bits per heavy atom. The molecule has 9 heteroatoms. The molecule has 2 rings (SSSR count). The second-order valence-electron chi connectivity index (χ2n) is 5.25. The first-order chi connectivity index (χ1) is 9.35. The number of nitrogen functional groups attached to an aromatic ring is 1. The lowest BCUT2D eigenvalue weighted by molar-refractivity contribution is -0.140. The number of aromatic nitrogens is 3. The van der Waals surface area contributed by atoms with Gasteiger partial charge in [-0.15, -0.1) is 5.10 Å². The molecule has 3 amide bonds. The highest BCUT2D eigenvalue weighted by molar-refractivity contribution is 6.05. The van der Waals surface area contributed by atoms with E-state index in [4.69, 9.17) is 5.84 Å². The summed E-state index contributed by atoms with van der Waals surface area (Å²) in [7, 11) is 0. The summed E-state index contributed by atoms with van der Waals surface area (Å²) in [5, 5.41) is 7.36. The number of imide groups is 1. The fourth-order valence-corrected chi connectivity index (χ4v) is 2.04. The average molecular weight is 280 g/mol. The van der Waals surface area contributed by atoms with Crippen LogP contribution in [0.4, 0.5) is 0 Å². The van der Waals surface area contributed by atoms with E-state index in [1.807, 2.05) is 5.43 Å². The highest BCUT2D eigenvalue weighted by atomic mass is 16.2. The second-order valence-corrected chi connectivity index (χ2v) is 5.25. The molecule has 0 unspecified atom stereocenters. The Labute approximate surface area is 115 Å². The van der Waals surface area contributed by atoms with Crippen molar-refractivity contribution in [2.75, 3.05) is 6.54 Å². The zero-order valence-corrected chi connectivity index (χ0v) is 11.3. The molecule has 1 aromatic rings. The third-order valence-corrected chi connectivity index (χ3v) is 3.17. The van der Waals surface area contributed by atoms with E-state index in [2.05, 4.69) is 10.3 Å². The highest BCUT2D eigenvalue weighted by Gasteiger charge is 2.44. The molecule has 1 aliphatic rings. The number of likely N-dealkylation sites (tertiary alicyclic amines) is 1. The molecule has 1 saturated heterocycles. The fourth-order valence-electron chi connectivity index (χ4n) is 2.04. The summed E-state index contributed by atoms with van der Waals surface area (Å²) in [6, 6.07) is 0. The molecule has 108 valence electrons. The maximum absolute atomic E-state index is 12.0. The monoisotopic (exact) mass is 280 g/mol. The third kappa shape index (κ3) is 2.52. The largest absolute Gasteiger partial charge is 0.289 e. The van der Waals surface area contributed by atoms with Crippen LogP contribution >= 0.6 is 0 Å². The van der Waals surface area contributed by atoms with Gasteiger partial charge in [0.2, 0.25) is 11.8 Å². The molecule has 20 heavy (non-hydrogen) atoms. The molecular weight excluding hydrogens is 264 g/mol. The standard InChI is InChI=1S/C11H16N6O3/c1-11(2)5-8(18)17(10(11)20)4-3-16-6-7(14-15-16)9(19)13-12/h6H,3-5,12H2,1-2H3,(H,13,19). The number of nitrogens with zero attached hydrogens (tertiary/aromatic N) is 4. The molecule has 0 bridgehead atoms. The SMILES string of the molecule is CC1(C)CC(=O)N(CCn2cc(C(=O)NN)nn2)C1=O. The van der Waals surface area contributed by atoms with Gasteiger partial charge in [-0.1, -0.05) is 19.1 Å². The van der Waals surface area contributed by atoms with Crippen molar-refractivity contribution in [3.63, 3.8) is 0 Å². The van der Waals surface area contributed by atoms with Crippen LogP contribution in [0.2, 0.25) is 0 Å². The Kier molecular flexibility index (Phi) is 3.53. The molecule has 0 radical (unpaired) electrons. The minimum absolute atomic E-state index is 0.0758. The molecule has 0 saturated carbocycles. The van der Waals surface area contributed by atoms with Crippen molar-refractivity contribution in [3.8, 4) is 0 Å². The maximum atomic E-state index is 12.0. The molecule has 0 aromatic carbocycles. The molecular formula is C11H16N6O3. The summed E-state index contributed by atoms with van der Waals surface area (Å²) in [4.78, 5) is 36.2. The molecule has 9 nitrogen and oxygen atoms in total. The van der Waals surface area contributed by atoms with E-state index >= 15 is 0 Å². The number of rotatable bonds is 4. The molecule has 2 heterocycles. The van der Waals surface area contributed by atoms with Crippen LogP contribution in [0, 0.1) is 5.41 Å². The van der Waals surface area contributed by atoms with Gasteiger partial charge in [-0.2, -0.15) is 0 Å². The van der Waals surface area contributed by atoms with E-state index < -0.39 is 11.3 Å². The van der Waals surface area contributed by atoms with E-state index in [1.165, 1.54) is 15.8 Å². The third-order valence-electron chi connectivity index (χ3n) is 3.17. The minimum Gasteiger partial charge on any atom is -0.289 e. The lowest BCUT2D eigenvalue weighted by Crippen LogP contribution is -2.35. The molecule has 0 spiro atoms. The molecule has 1 fully saturated rings. The van der Waals surface area contributed by atoms with Gasteiger partial charge in [-0.25, -0.2) is 10.5 Å². The van der Waals surface area contributed by atoms with Crippen molar-refractivity contribution in [1.82, 2.24) is 25.3 Å². The summed E-state index contributed by atoms with van der Waals surface area (Å²) < 4.78 is 1.39. The molecule has 1 aliphatic heterocycles. The van der Waals surface area contributed by atoms with Crippen LogP contribution in [-0.4, -0.2) is 44.2 Å². The van der Waals surface area contributed by atoms with Crippen molar-refractivity contribution in [2.45, 2.75) is 26.8 Å². The number of hydrogen-bond acceptors (Lipinski definition) is 6. The number of amides is 3. The Balaban J connectivity index is 1.99. The predicted octanol–water partition coefficient (Wildman–Crippen LogP) is -1.33. The Morgan fingerprint density at radius 3 is 2.70 bits per heavy atom. The zero-order chi connectivity index (χ0) is 14.9. The van der Waals surface area contributed by atoms with Gasteiger partial charge in [0.05, 0.1) is 18.2 Å². The Morgan fingerprint density at radius 2 is 2.15 bits per heavy atom. The topological polar surface area (TPSA) is 123 Å². The van der Waals surface area contributed by atoms with E-state index in [0.29, 0.717) is 0 Å². The van der Waals surface area contributed by atoms with Crippen molar-refractivity contribution in [3.05, 3.63) is 11.9 Å². The van der Waals surface area contributed by atoms with Gasteiger partial charge in [0.15, 0.2) is 5.69 Å². The smallest absolute Gasteiger partial charge is 0.287 e. The van der Waals surface area contributed by atoms with Crippen LogP contribution in [0.5, 0.6) is 0 Å². The first-order valence-electron chi connectivity index (χ1n) is 6.11. The number of carbonyl (C=O) groups is 3. The summed E-state index contributed by atoms with van der Waals surface area (Å²) in [5.41, 5.74) is 1.37. The van der Waals surface area contributed by atoms with Crippen molar-refractivity contribution >= 4 is 17.7 Å². The lowest BCUT2D eigenvalue weighted by Gasteiger charge is -2.17. The van der Waals surface area contributed by atoms with Crippen molar-refractivity contribution in [1.29, 1.82) is 0 Å². The summed E-state index contributed by atoms with van der Waals surface area (Å²) >= 11 is 0. The maximum Gasteiger partial charge on any atom is 0.287 e. The van der Waals surface area contributed by atoms with Gasteiger partial charge in [-0.05, 0) is 0 Å². The lowest BCUT2D eigenvalue weighted by atomic mass is 9.92. The second kappa shape index (κ2) is 5.00. The van der Waals surface area contributed by atoms with Gasteiger partial charge >= 0.3 is 0 Å². The first-order valence-corrected chi connectivity index (χ1v) is 6.11. The van der Waals surface area contributed by atoms with Crippen LogP contribution < -0.4 is 11.3 Å². The molecule has 0 aliphatic carbocycles. The predicted molar refractivity (Wildman–Crippen MR) is 66.8 cm³/mol. The summed E-state index contributed by atoms with van der Waals surface area (Å²) in [6.45, 7) is 3.96. The number of nitrogens with one attached hydrogen (secondary N) is 1. The van der Waals surface area contributed by atoms with E-state index in [9.17, 15) is 14.4 Å². The van der Waals surface area contributed by atoms with E-state index in [1.54, 1.807) is 13.8 Å². The zero-order valence-electron chi connectivity index (χ0n) is 11.3. The summed E-state index contributed by atoms with van der Waals surface area (Å²) in [6.07, 6.45) is 1.61. The van der Waals surface area contributed by atoms with Gasteiger partial charge in [0, 0.05) is 13.0 Å². The molecule has 1 aromatic heterocycles. The van der Waals surface area contributed by atoms with E-state index in [-0.39, 0.29) is 37.0 Å². The number of nitrogens with two attached hydrogens (primary N) is 1. The minimum atomic E-state index is -0.649. The first kappa shape index (κ1) is 14.1. The van der Waals surface area contributed by atoms with Crippen LogP contribution in [0.25, 0.3) is 0 Å². The molecule has 3 N–H and O–H groups in total. The van der Waals surface area contributed by atoms with Gasteiger partial charge in [0.1, 0.15) is 0 Å². The summed E-state index contributed by atoms with van der Waals surface area (Å²) in [5.74, 6) is 4.04. The highest BCUT2D eigenvalue weighted by Crippen LogP contribution is 2.31. The number of carbonyl (C=O) groups excluding carboxylic acids is 3. The van der Waals surface area contributed by atoms with Crippen molar-refractivity contribution in [2.24, 2.45) is 11.3 Å². The molecule has 0 atom stereocenters. The quantitative estimate of drug-likeness (QED) is 0.305. The number of hydrazine groups is 1. The van der Waals surface area contributed by atoms with Crippen molar-refractivity contribution < 1.29 is 14.4 Å². The van der Waals surface area contributed by atoms with Crippen LogP contribution in [0.3, 0.4) is 0 Å².